The molecule has 0 heterocycles. The van der Waals surface area contributed by atoms with Crippen molar-refractivity contribution in [3.8, 4) is 0 Å². The number of hydrogen-bond donors (Lipinski definition) is 1. The van der Waals surface area contributed by atoms with Gasteiger partial charge in [0, 0.05) is 12.0 Å². The third-order valence-corrected chi connectivity index (χ3v) is 2.25. The Morgan fingerprint density at radius 2 is 2.09 bits per heavy atom. The molecular formula is C9H18N2. The molecule has 64 valence electrons. The summed E-state index contributed by atoms with van der Waals surface area (Å²) in [5, 5.41) is 0. The van der Waals surface area contributed by atoms with E-state index in [4.69, 9.17) is 5.73 Å². The average molecular weight is 154 g/mol. The predicted octanol–water partition coefficient (Wildman–Crippen LogP) is 1.80. The lowest BCUT2D eigenvalue weighted by molar-refractivity contribution is 0.655. The smallest absolute Gasteiger partial charge is 0.0997 e. The lowest BCUT2D eigenvalue weighted by Crippen LogP contribution is -2.23. The highest BCUT2D eigenvalue weighted by Crippen LogP contribution is 2.44. The van der Waals surface area contributed by atoms with E-state index in [1.807, 2.05) is 0 Å². The Labute approximate surface area is 68.9 Å². The van der Waals surface area contributed by atoms with E-state index in [9.17, 15) is 0 Å². The van der Waals surface area contributed by atoms with Crippen LogP contribution in [0.25, 0.3) is 0 Å². The van der Waals surface area contributed by atoms with Gasteiger partial charge in [0.2, 0.25) is 0 Å². The van der Waals surface area contributed by atoms with Crippen molar-refractivity contribution in [1.82, 2.24) is 0 Å². The number of nitrogens with zero attached hydrogens (tertiary/aromatic N) is 1. The highest BCUT2D eigenvalue weighted by molar-refractivity contribution is 5.88. The quantitative estimate of drug-likeness (QED) is 0.488. The van der Waals surface area contributed by atoms with E-state index in [0.717, 1.165) is 12.4 Å². The molecule has 0 spiro atoms. The molecule has 1 fully saturated rings. The van der Waals surface area contributed by atoms with Gasteiger partial charge < -0.3 is 5.73 Å². The van der Waals surface area contributed by atoms with Gasteiger partial charge in [-0.1, -0.05) is 20.8 Å². The van der Waals surface area contributed by atoms with Gasteiger partial charge in [-0.3, -0.25) is 4.99 Å². The number of nitrogens with two attached hydrogens (primary N) is 1. The summed E-state index contributed by atoms with van der Waals surface area (Å²) in [5.74, 6) is 1.49. The Balaban J connectivity index is 2.40. The van der Waals surface area contributed by atoms with Crippen LogP contribution in [0, 0.1) is 11.3 Å². The zero-order valence-corrected chi connectivity index (χ0v) is 7.72. The van der Waals surface area contributed by atoms with Gasteiger partial charge in [0.15, 0.2) is 0 Å². The average Bonchev–Trinajstić information content (AvgIpc) is 2.64. The largest absolute Gasteiger partial charge is 0.387 e. The van der Waals surface area contributed by atoms with Gasteiger partial charge in [0.05, 0.1) is 5.84 Å². The normalized spacial score (nSPS) is 22.4. The van der Waals surface area contributed by atoms with E-state index >= 15 is 0 Å². The van der Waals surface area contributed by atoms with E-state index in [2.05, 4.69) is 25.8 Å². The first-order valence-electron chi connectivity index (χ1n) is 4.35. The summed E-state index contributed by atoms with van der Waals surface area (Å²) in [6, 6.07) is 0. The molecular weight excluding hydrogens is 136 g/mol. The SMILES string of the molecule is CC(C)CN=C(N)C1(C)CC1. The standard InChI is InChI=1S/C9H18N2/c1-7(2)6-11-8(10)9(3)4-5-9/h7H,4-6H2,1-3H3,(H2,10,11). The summed E-state index contributed by atoms with van der Waals surface area (Å²) in [4.78, 5) is 4.35. The maximum absolute atomic E-state index is 5.81. The predicted molar refractivity (Wildman–Crippen MR) is 48.7 cm³/mol. The topological polar surface area (TPSA) is 38.4 Å². The molecule has 0 aromatic rings. The second-order valence-corrected chi connectivity index (χ2v) is 4.18. The van der Waals surface area contributed by atoms with Crippen LogP contribution >= 0.6 is 0 Å². The van der Waals surface area contributed by atoms with Crippen LogP contribution in [-0.2, 0) is 0 Å². The van der Waals surface area contributed by atoms with Gasteiger partial charge in [0.25, 0.3) is 0 Å². The highest BCUT2D eigenvalue weighted by atomic mass is 14.9. The molecule has 1 aliphatic carbocycles. The van der Waals surface area contributed by atoms with Crippen LogP contribution in [-0.4, -0.2) is 12.4 Å². The van der Waals surface area contributed by atoms with Gasteiger partial charge in [-0.25, -0.2) is 0 Å². The van der Waals surface area contributed by atoms with Crippen molar-refractivity contribution in [2.75, 3.05) is 6.54 Å². The number of aliphatic imine (C=N–C) groups is 1. The van der Waals surface area contributed by atoms with Crippen LogP contribution in [0.15, 0.2) is 4.99 Å². The summed E-state index contributed by atoms with van der Waals surface area (Å²) in [6.07, 6.45) is 2.45. The lowest BCUT2D eigenvalue weighted by atomic mass is 10.1. The van der Waals surface area contributed by atoms with Crippen molar-refractivity contribution in [1.29, 1.82) is 0 Å². The number of amidine groups is 1. The van der Waals surface area contributed by atoms with E-state index in [-0.39, 0.29) is 5.41 Å². The summed E-state index contributed by atoms with van der Waals surface area (Å²) in [5.41, 5.74) is 6.08. The van der Waals surface area contributed by atoms with Crippen molar-refractivity contribution >= 4 is 5.84 Å². The fourth-order valence-electron chi connectivity index (χ4n) is 0.915. The van der Waals surface area contributed by atoms with Gasteiger partial charge >= 0.3 is 0 Å². The maximum Gasteiger partial charge on any atom is 0.0997 e. The van der Waals surface area contributed by atoms with E-state index in [0.29, 0.717) is 5.92 Å². The van der Waals surface area contributed by atoms with Crippen molar-refractivity contribution in [3.63, 3.8) is 0 Å². The fourth-order valence-corrected chi connectivity index (χ4v) is 0.915. The molecule has 2 nitrogen and oxygen atoms in total. The van der Waals surface area contributed by atoms with Crippen molar-refractivity contribution in [3.05, 3.63) is 0 Å². The van der Waals surface area contributed by atoms with Gasteiger partial charge in [-0.15, -0.1) is 0 Å². The maximum atomic E-state index is 5.81. The minimum Gasteiger partial charge on any atom is -0.387 e. The molecule has 0 amide bonds. The lowest BCUT2D eigenvalue weighted by Gasteiger charge is -2.07. The van der Waals surface area contributed by atoms with Crippen LogP contribution in [0.5, 0.6) is 0 Å². The molecule has 1 aliphatic rings. The monoisotopic (exact) mass is 154 g/mol. The first-order valence-corrected chi connectivity index (χ1v) is 4.35. The molecule has 2 N–H and O–H groups in total. The Kier molecular flexibility index (Phi) is 2.21. The third kappa shape index (κ3) is 2.21. The molecule has 0 saturated heterocycles. The second-order valence-electron chi connectivity index (χ2n) is 4.18. The first kappa shape index (κ1) is 8.57. The molecule has 0 unspecified atom stereocenters. The molecule has 1 saturated carbocycles. The van der Waals surface area contributed by atoms with Crippen LogP contribution in [0.3, 0.4) is 0 Å². The summed E-state index contributed by atoms with van der Waals surface area (Å²) >= 11 is 0. The molecule has 11 heavy (non-hydrogen) atoms. The molecule has 0 aromatic heterocycles. The first-order chi connectivity index (χ1) is 5.04. The minimum atomic E-state index is 0.273. The zero-order valence-electron chi connectivity index (χ0n) is 7.72. The van der Waals surface area contributed by atoms with Crippen LogP contribution in [0.4, 0.5) is 0 Å². The molecule has 0 atom stereocenters. The molecule has 0 aromatic carbocycles. The summed E-state index contributed by atoms with van der Waals surface area (Å²) < 4.78 is 0. The van der Waals surface area contributed by atoms with Crippen LogP contribution < -0.4 is 5.73 Å². The van der Waals surface area contributed by atoms with E-state index < -0.39 is 0 Å². The van der Waals surface area contributed by atoms with E-state index in [1.54, 1.807) is 0 Å². The van der Waals surface area contributed by atoms with Crippen molar-refractivity contribution in [2.24, 2.45) is 22.1 Å². The molecule has 0 radical (unpaired) electrons. The van der Waals surface area contributed by atoms with E-state index in [1.165, 1.54) is 12.8 Å². The zero-order chi connectivity index (χ0) is 8.48. The third-order valence-electron chi connectivity index (χ3n) is 2.25. The highest BCUT2D eigenvalue weighted by Gasteiger charge is 2.41. The van der Waals surface area contributed by atoms with Crippen LogP contribution in [0.1, 0.15) is 33.6 Å². The summed E-state index contributed by atoms with van der Waals surface area (Å²) in [7, 11) is 0. The summed E-state index contributed by atoms with van der Waals surface area (Å²) in [6.45, 7) is 7.38. The Bertz CT molecular complexity index is 166. The van der Waals surface area contributed by atoms with Crippen molar-refractivity contribution in [2.45, 2.75) is 33.6 Å². The Morgan fingerprint density at radius 1 is 1.55 bits per heavy atom. The molecule has 0 bridgehead atoms. The Morgan fingerprint density at radius 3 is 2.45 bits per heavy atom. The number of hydrogen-bond acceptors (Lipinski definition) is 1. The number of rotatable bonds is 3. The van der Waals surface area contributed by atoms with Gasteiger partial charge in [-0.2, -0.15) is 0 Å². The van der Waals surface area contributed by atoms with Crippen molar-refractivity contribution < 1.29 is 0 Å². The second kappa shape index (κ2) is 2.84. The fraction of sp³-hybridized carbons (Fsp3) is 0.889. The minimum absolute atomic E-state index is 0.273. The molecule has 1 rings (SSSR count). The molecule has 2 heteroatoms. The Hall–Kier alpha value is -0.530. The van der Waals surface area contributed by atoms with Crippen LogP contribution in [0.2, 0.25) is 0 Å². The van der Waals surface area contributed by atoms with Gasteiger partial charge in [-0.05, 0) is 18.8 Å². The molecule has 0 aliphatic heterocycles. The van der Waals surface area contributed by atoms with Gasteiger partial charge in [0.1, 0.15) is 0 Å².